The number of nitrogens with zero attached hydrogens (tertiary/aromatic N) is 1. The van der Waals surface area contributed by atoms with Gasteiger partial charge in [-0.1, -0.05) is 13.8 Å². The summed E-state index contributed by atoms with van der Waals surface area (Å²) >= 11 is 0. The fourth-order valence-corrected chi connectivity index (χ4v) is 2.50. The van der Waals surface area contributed by atoms with E-state index < -0.39 is 0 Å². The third kappa shape index (κ3) is 3.16. The fourth-order valence-electron chi connectivity index (χ4n) is 2.50. The normalized spacial score (nSPS) is 21.6. The third-order valence-electron chi connectivity index (χ3n) is 3.54. The van der Waals surface area contributed by atoms with Gasteiger partial charge in [-0.3, -0.25) is 4.90 Å². The number of hydrogen-bond donors (Lipinski definition) is 1. The van der Waals surface area contributed by atoms with Crippen LogP contribution in [0.1, 0.15) is 34.1 Å². The molecule has 15 heavy (non-hydrogen) atoms. The van der Waals surface area contributed by atoms with Crippen molar-refractivity contribution in [3.05, 3.63) is 0 Å². The van der Waals surface area contributed by atoms with Gasteiger partial charge in [0.1, 0.15) is 0 Å². The molecule has 1 fully saturated rings. The number of rotatable bonds is 5. The Bertz CT molecular complexity index is 170. The average molecular weight is 214 g/mol. The number of nitrogens with one attached hydrogen (secondary N) is 1. The van der Waals surface area contributed by atoms with E-state index in [0.717, 1.165) is 32.8 Å². The molecule has 0 aromatic heterocycles. The molecule has 1 N–H and O–H groups in total. The summed E-state index contributed by atoms with van der Waals surface area (Å²) in [5.74, 6) is 0. The SMILES string of the molecule is CCNC(CC)C(C)(C)N1CCOCC1. The summed E-state index contributed by atoms with van der Waals surface area (Å²) < 4.78 is 5.41. The van der Waals surface area contributed by atoms with Crippen molar-refractivity contribution in [3.63, 3.8) is 0 Å². The number of hydrogen-bond acceptors (Lipinski definition) is 3. The van der Waals surface area contributed by atoms with Gasteiger partial charge < -0.3 is 10.1 Å². The topological polar surface area (TPSA) is 24.5 Å². The average Bonchev–Trinajstić information content (AvgIpc) is 2.27. The van der Waals surface area contributed by atoms with E-state index >= 15 is 0 Å². The van der Waals surface area contributed by atoms with Gasteiger partial charge in [-0.25, -0.2) is 0 Å². The Hall–Kier alpha value is -0.120. The van der Waals surface area contributed by atoms with E-state index in [-0.39, 0.29) is 5.54 Å². The highest BCUT2D eigenvalue weighted by molar-refractivity contribution is 4.93. The monoisotopic (exact) mass is 214 g/mol. The standard InChI is InChI=1S/C12H26N2O/c1-5-11(13-6-2)12(3,4)14-7-9-15-10-8-14/h11,13H,5-10H2,1-4H3. The summed E-state index contributed by atoms with van der Waals surface area (Å²) in [6, 6.07) is 0.570. The van der Waals surface area contributed by atoms with E-state index in [2.05, 4.69) is 37.9 Å². The molecule has 1 aliphatic heterocycles. The lowest BCUT2D eigenvalue weighted by molar-refractivity contribution is -0.0235. The van der Waals surface area contributed by atoms with Crippen molar-refractivity contribution in [1.29, 1.82) is 0 Å². The minimum Gasteiger partial charge on any atom is -0.379 e. The lowest BCUT2D eigenvalue weighted by atomic mass is 9.90. The van der Waals surface area contributed by atoms with Crippen LogP contribution in [0.3, 0.4) is 0 Å². The maximum atomic E-state index is 5.41. The Morgan fingerprint density at radius 3 is 2.33 bits per heavy atom. The van der Waals surface area contributed by atoms with Crippen LogP contribution < -0.4 is 5.32 Å². The van der Waals surface area contributed by atoms with Crippen LogP contribution in [-0.2, 0) is 4.74 Å². The molecule has 3 heteroatoms. The fraction of sp³-hybridized carbons (Fsp3) is 1.00. The van der Waals surface area contributed by atoms with Gasteiger partial charge in [-0.05, 0) is 26.8 Å². The van der Waals surface area contributed by atoms with Crippen molar-refractivity contribution in [2.45, 2.75) is 45.7 Å². The van der Waals surface area contributed by atoms with Gasteiger partial charge in [-0.2, -0.15) is 0 Å². The molecule has 1 aliphatic rings. The summed E-state index contributed by atoms with van der Waals surface area (Å²) in [6.07, 6.45) is 1.18. The van der Waals surface area contributed by atoms with Crippen LogP contribution in [0.2, 0.25) is 0 Å². The lowest BCUT2D eigenvalue weighted by Crippen LogP contribution is -2.60. The number of morpholine rings is 1. The van der Waals surface area contributed by atoms with Crippen LogP contribution in [0.4, 0.5) is 0 Å². The first-order valence-electron chi connectivity index (χ1n) is 6.19. The minimum absolute atomic E-state index is 0.231. The van der Waals surface area contributed by atoms with E-state index in [0.29, 0.717) is 6.04 Å². The molecule has 0 spiro atoms. The molecule has 1 saturated heterocycles. The van der Waals surface area contributed by atoms with Crippen molar-refractivity contribution in [2.24, 2.45) is 0 Å². The van der Waals surface area contributed by atoms with Crippen molar-refractivity contribution >= 4 is 0 Å². The second-order valence-corrected chi connectivity index (χ2v) is 4.77. The van der Waals surface area contributed by atoms with E-state index in [1.165, 1.54) is 6.42 Å². The molecule has 1 unspecified atom stereocenters. The predicted octanol–water partition coefficient (Wildman–Crippen LogP) is 1.49. The van der Waals surface area contributed by atoms with Gasteiger partial charge in [0.15, 0.2) is 0 Å². The Balaban J connectivity index is 2.60. The molecule has 1 rings (SSSR count). The second kappa shape index (κ2) is 5.83. The summed E-state index contributed by atoms with van der Waals surface area (Å²) in [7, 11) is 0. The van der Waals surface area contributed by atoms with Crippen LogP contribution in [-0.4, -0.2) is 49.3 Å². The van der Waals surface area contributed by atoms with Gasteiger partial charge in [0, 0.05) is 24.7 Å². The van der Waals surface area contributed by atoms with E-state index in [1.807, 2.05) is 0 Å². The predicted molar refractivity (Wildman–Crippen MR) is 64.2 cm³/mol. The highest BCUT2D eigenvalue weighted by Gasteiger charge is 2.34. The smallest absolute Gasteiger partial charge is 0.0594 e. The minimum atomic E-state index is 0.231. The molecule has 1 heterocycles. The molecule has 0 radical (unpaired) electrons. The lowest BCUT2D eigenvalue weighted by Gasteiger charge is -2.46. The maximum Gasteiger partial charge on any atom is 0.0594 e. The third-order valence-corrected chi connectivity index (χ3v) is 3.54. The quantitative estimate of drug-likeness (QED) is 0.750. The van der Waals surface area contributed by atoms with Gasteiger partial charge in [0.25, 0.3) is 0 Å². The van der Waals surface area contributed by atoms with Crippen molar-refractivity contribution < 1.29 is 4.74 Å². The van der Waals surface area contributed by atoms with Crippen molar-refractivity contribution in [3.8, 4) is 0 Å². The second-order valence-electron chi connectivity index (χ2n) is 4.77. The van der Waals surface area contributed by atoms with Gasteiger partial charge in [0.05, 0.1) is 13.2 Å². The van der Waals surface area contributed by atoms with E-state index in [1.54, 1.807) is 0 Å². The highest BCUT2D eigenvalue weighted by Crippen LogP contribution is 2.22. The largest absolute Gasteiger partial charge is 0.379 e. The maximum absolute atomic E-state index is 5.41. The molecule has 3 nitrogen and oxygen atoms in total. The van der Waals surface area contributed by atoms with Crippen LogP contribution in [0.25, 0.3) is 0 Å². The Morgan fingerprint density at radius 2 is 1.87 bits per heavy atom. The van der Waals surface area contributed by atoms with Gasteiger partial charge >= 0.3 is 0 Å². The molecule has 0 aromatic rings. The van der Waals surface area contributed by atoms with E-state index in [4.69, 9.17) is 4.74 Å². The summed E-state index contributed by atoms with van der Waals surface area (Å²) in [5.41, 5.74) is 0.231. The molecule has 1 atom stereocenters. The Morgan fingerprint density at radius 1 is 1.27 bits per heavy atom. The Labute approximate surface area is 94.2 Å². The molecule has 0 saturated carbocycles. The first kappa shape index (κ1) is 12.9. The summed E-state index contributed by atoms with van der Waals surface area (Å²) in [5, 5.41) is 3.59. The molecule has 0 amide bonds. The van der Waals surface area contributed by atoms with Crippen LogP contribution >= 0.6 is 0 Å². The van der Waals surface area contributed by atoms with Gasteiger partial charge in [0.2, 0.25) is 0 Å². The van der Waals surface area contributed by atoms with Crippen molar-refractivity contribution in [2.75, 3.05) is 32.8 Å². The van der Waals surface area contributed by atoms with Gasteiger partial charge in [-0.15, -0.1) is 0 Å². The summed E-state index contributed by atoms with van der Waals surface area (Å²) in [4.78, 5) is 2.55. The molecular weight excluding hydrogens is 188 g/mol. The number of likely N-dealkylation sites (N-methyl/N-ethyl adjacent to an activating group) is 1. The molecule has 90 valence electrons. The van der Waals surface area contributed by atoms with Crippen LogP contribution in [0.15, 0.2) is 0 Å². The zero-order chi connectivity index (χ0) is 11.3. The molecule has 0 aliphatic carbocycles. The van der Waals surface area contributed by atoms with Crippen LogP contribution in [0, 0.1) is 0 Å². The first-order valence-corrected chi connectivity index (χ1v) is 6.19. The number of ether oxygens (including phenoxy) is 1. The van der Waals surface area contributed by atoms with Crippen molar-refractivity contribution in [1.82, 2.24) is 10.2 Å². The summed E-state index contributed by atoms with van der Waals surface area (Å²) in [6.45, 7) is 14.1. The molecule has 0 bridgehead atoms. The van der Waals surface area contributed by atoms with E-state index in [9.17, 15) is 0 Å². The molecule has 0 aromatic carbocycles. The highest BCUT2D eigenvalue weighted by atomic mass is 16.5. The molecular formula is C12H26N2O. The zero-order valence-electron chi connectivity index (χ0n) is 10.7. The van der Waals surface area contributed by atoms with Crippen LogP contribution in [0.5, 0.6) is 0 Å². The zero-order valence-corrected chi connectivity index (χ0v) is 10.7. The first-order chi connectivity index (χ1) is 7.12. The Kier molecular flexibility index (Phi) is 5.03.